The predicted molar refractivity (Wildman–Crippen MR) is 399 cm³/mol. The van der Waals surface area contributed by atoms with Crippen LogP contribution in [0, 0.1) is 0 Å². The van der Waals surface area contributed by atoms with Gasteiger partial charge < -0.3 is 33.8 Å². The molecule has 566 valence electrons. The molecule has 0 amide bonds. The molecule has 98 heavy (non-hydrogen) atoms. The maximum atomic E-state index is 13.1. The lowest BCUT2D eigenvalue weighted by molar-refractivity contribution is -0.161. The van der Waals surface area contributed by atoms with Crippen molar-refractivity contribution in [1.29, 1.82) is 0 Å². The van der Waals surface area contributed by atoms with Crippen LogP contribution < -0.4 is 0 Å². The Hall–Kier alpha value is -4.02. The topological polar surface area (TPSA) is 237 Å². The van der Waals surface area contributed by atoms with Crippen molar-refractivity contribution in [3.63, 3.8) is 0 Å². The van der Waals surface area contributed by atoms with E-state index in [0.717, 1.165) is 148 Å². The summed E-state index contributed by atoms with van der Waals surface area (Å²) in [6.45, 7) is 4.63. The van der Waals surface area contributed by atoms with Gasteiger partial charge in [0, 0.05) is 25.7 Å². The average molecular weight is 1420 g/mol. The molecule has 3 N–H and O–H groups in total. The fourth-order valence-electron chi connectivity index (χ4n) is 10.2. The average Bonchev–Trinajstić information content (AvgIpc) is 0.969. The molecular formula is C79H138O17P2. The van der Waals surface area contributed by atoms with Crippen molar-refractivity contribution in [3.8, 4) is 0 Å². The largest absolute Gasteiger partial charge is 0.472 e. The molecule has 0 aliphatic rings. The molecule has 0 aliphatic heterocycles. The SMILES string of the molecule is CC/C=C\C/C=C\C/C=C\C/C=C\C/C=C\CCCC(=O)OCC(COP(=O)(O)OCC(O)COP(=O)(O)OCC(COC(=O)CCCCCCC/C=C\CCCCCCCC)OC(=O)CCCCCCCCCCCCCCC)OC(=O)CCCCCCC/C=C\C/C=C\CCC. The van der Waals surface area contributed by atoms with E-state index in [0.29, 0.717) is 32.1 Å². The monoisotopic (exact) mass is 1420 g/mol. The van der Waals surface area contributed by atoms with Gasteiger partial charge in [-0.2, -0.15) is 0 Å². The Morgan fingerprint density at radius 2 is 0.561 bits per heavy atom. The van der Waals surface area contributed by atoms with Gasteiger partial charge in [-0.1, -0.05) is 279 Å². The van der Waals surface area contributed by atoms with E-state index in [1.807, 2.05) is 12.2 Å². The molecule has 0 heterocycles. The smallest absolute Gasteiger partial charge is 0.462 e. The van der Waals surface area contributed by atoms with E-state index in [1.165, 1.54) is 89.9 Å². The number of hydrogen-bond donors (Lipinski definition) is 3. The quantitative estimate of drug-likeness (QED) is 0.0169. The summed E-state index contributed by atoms with van der Waals surface area (Å²) in [5.74, 6) is -2.25. The number of aliphatic hydroxyl groups is 1. The third kappa shape index (κ3) is 70.4. The number of aliphatic hydroxyl groups excluding tert-OH is 1. The van der Waals surface area contributed by atoms with Crippen molar-refractivity contribution in [1.82, 2.24) is 0 Å². The standard InChI is InChI=1S/C79H138O17P2/c1-5-9-13-17-21-25-29-33-35-36-38-42-44-48-52-56-60-64-77(82)90-70-75(96-79(84)66-62-58-54-50-46-40-32-28-24-20-16-12-8-4)72-94-98(87,88)92-68-73(80)67-91-97(85,86)93-71-74(95-78(83)65-61-57-53-49-45-39-31-27-23-19-15-11-7-3)69-89-76(81)63-59-55-51-47-43-41-37-34-30-26-22-18-14-10-6-2/h9,13,16,20-21,25,28,32-35,37-38,42,48,52,73-75,80H,5-8,10-12,14-15,17-19,22-24,26-27,29-31,36,39-41,43-47,49-51,53-72H2,1-4H3,(H,85,86)(H,87,88)/b13-9-,20-16-,25-21-,32-28-,35-33-,37-34-,42-38-,52-48-. The normalized spacial score (nSPS) is 14.5. The molecule has 0 aromatic heterocycles. The highest BCUT2D eigenvalue weighted by molar-refractivity contribution is 7.47. The van der Waals surface area contributed by atoms with Crippen molar-refractivity contribution in [2.45, 2.75) is 341 Å². The number of phosphoric acid groups is 2. The molecule has 5 atom stereocenters. The lowest BCUT2D eigenvalue weighted by Gasteiger charge is -2.21. The number of carbonyl (C=O) groups excluding carboxylic acids is 4. The van der Waals surface area contributed by atoms with Gasteiger partial charge >= 0.3 is 39.5 Å². The van der Waals surface area contributed by atoms with Crippen LogP contribution >= 0.6 is 15.6 Å². The molecule has 0 radical (unpaired) electrons. The minimum Gasteiger partial charge on any atom is -0.462 e. The van der Waals surface area contributed by atoms with E-state index >= 15 is 0 Å². The molecule has 5 unspecified atom stereocenters. The first-order valence-electron chi connectivity index (χ1n) is 38.5. The highest BCUT2D eigenvalue weighted by Crippen LogP contribution is 2.45. The summed E-state index contributed by atoms with van der Waals surface area (Å²) in [7, 11) is -9.96. The van der Waals surface area contributed by atoms with Crippen LogP contribution in [-0.2, 0) is 65.4 Å². The number of unbranched alkanes of at least 4 members (excludes halogenated alkanes) is 30. The highest BCUT2D eigenvalue weighted by atomic mass is 31.2. The zero-order valence-electron chi connectivity index (χ0n) is 61.7. The first-order chi connectivity index (χ1) is 47.7. The summed E-state index contributed by atoms with van der Waals surface area (Å²) in [5, 5.41) is 10.6. The van der Waals surface area contributed by atoms with Crippen LogP contribution in [-0.4, -0.2) is 96.7 Å². The molecule has 0 aromatic carbocycles. The number of ether oxygens (including phenoxy) is 4. The Morgan fingerprint density at radius 3 is 0.908 bits per heavy atom. The molecule has 0 aromatic rings. The van der Waals surface area contributed by atoms with Crippen LogP contribution in [0.25, 0.3) is 0 Å². The van der Waals surface area contributed by atoms with Crippen LogP contribution in [0.4, 0.5) is 0 Å². The molecular weight excluding hydrogens is 1280 g/mol. The van der Waals surface area contributed by atoms with Gasteiger partial charge in [-0.15, -0.1) is 0 Å². The summed E-state index contributed by atoms with van der Waals surface area (Å²) in [6, 6.07) is 0. The fourth-order valence-corrected chi connectivity index (χ4v) is 11.8. The summed E-state index contributed by atoms with van der Waals surface area (Å²) in [4.78, 5) is 72.8. The van der Waals surface area contributed by atoms with E-state index in [9.17, 15) is 43.2 Å². The summed E-state index contributed by atoms with van der Waals surface area (Å²) < 4.78 is 68.4. The lowest BCUT2D eigenvalue weighted by atomic mass is 10.0. The minimum atomic E-state index is -4.99. The molecule has 19 heteroatoms. The minimum absolute atomic E-state index is 0.0661. The number of esters is 4. The van der Waals surface area contributed by atoms with E-state index in [1.54, 1.807) is 0 Å². The molecule has 17 nitrogen and oxygen atoms in total. The highest BCUT2D eigenvalue weighted by Gasteiger charge is 2.30. The van der Waals surface area contributed by atoms with Gasteiger partial charge in [0.25, 0.3) is 0 Å². The van der Waals surface area contributed by atoms with Gasteiger partial charge in [-0.3, -0.25) is 37.3 Å². The number of rotatable bonds is 72. The Morgan fingerprint density at radius 1 is 0.296 bits per heavy atom. The molecule has 0 saturated heterocycles. The molecule has 0 aliphatic carbocycles. The Bertz CT molecular complexity index is 2240. The van der Waals surface area contributed by atoms with Gasteiger partial charge in [0.15, 0.2) is 12.2 Å². The van der Waals surface area contributed by atoms with Crippen LogP contribution in [0.3, 0.4) is 0 Å². The van der Waals surface area contributed by atoms with Crippen LogP contribution in [0.1, 0.15) is 323 Å². The van der Waals surface area contributed by atoms with E-state index in [4.69, 9.17) is 37.0 Å². The van der Waals surface area contributed by atoms with Crippen molar-refractivity contribution < 1.29 is 80.2 Å². The van der Waals surface area contributed by atoms with Gasteiger partial charge in [-0.25, -0.2) is 9.13 Å². The van der Waals surface area contributed by atoms with Gasteiger partial charge in [0.1, 0.15) is 19.3 Å². The predicted octanol–water partition coefficient (Wildman–Crippen LogP) is 22.0. The second kappa shape index (κ2) is 71.4. The number of hydrogen-bond acceptors (Lipinski definition) is 15. The van der Waals surface area contributed by atoms with Crippen LogP contribution in [0.15, 0.2) is 97.2 Å². The maximum absolute atomic E-state index is 13.1. The number of carbonyl (C=O) groups is 4. The Balaban J connectivity index is 5.38. The van der Waals surface area contributed by atoms with E-state index in [2.05, 4.69) is 113 Å². The van der Waals surface area contributed by atoms with Crippen molar-refractivity contribution in [2.24, 2.45) is 0 Å². The second-order valence-corrected chi connectivity index (χ2v) is 28.5. The first kappa shape index (κ1) is 94.0. The first-order valence-corrected chi connectivity index (χ1v) is 41.5. The number of phosphoric ester groups is 2. The number of allylic oxidation sites excluding steroid dienone is 16. The molecule has 0 saturated carbocycles. The zero-order valence-corrected chi connectivity index (χ0v) is 63.5. The Labute approximate surface area is 595 Å². The van der Waals surface area contributed by atoms with Gasteiger partial charge in [0.2, 0.25) is 0 Å². The molecule has 0 bridgehead atoms. The molecule has 0 rings (SSSR count). The lowest BCUT2D eigenvalue weighted by Crippen LogP contribution is -2.30. The van der Waals surface area contributed by atoms with Crippen LogP contribution in [0.2, 0.25) is 0 Å². The summed E-state index contributed by atoms with van der Waals surface area (Å²) in [6.07, 6.45) is 74.0. The molecule has 0 fully saturated rings. The van der Waals surface area contributed by atoms with Crippen molar-refractivity contribution in [2.75, 3.05) is 39.6 Å². The third-order valence-corrected chi connectivity index (χ3v) is 17.9. The maximum Gasteiger partial charge on any atom is 0.472 e. The van der Waals surface area contributed by atoms with Crippen LogP contribution in [0.5, 0.6) is 0 Å². The fraction of sp³-hybridized carbons (Fsp3) is 0.747. The Kier molecular flexibility index (Phi) is 68.4. The van der Waals surface area contributed by atoms with Gasteiger partial charge in [0.05, 0.1) is 26.4 Å². The summed E-state index contributed by atoms with van der Waals surface area (Å²) >= 11 is 0. The summed E-state index contributed by atoms with van der Waals surface area (Å²) in [5.41, 5.74) is 0. The molecule has 0 spiro atoms. The van der Waals surface area contributed by atoms with Crippen molar-refractivity contribution >= 4 is 39.5 Å². The van der Waals surface area contributed by atoms with E-state index < -0.39 is 97.5 Å². The third-order valence-electron chi connectivity index (χ3n) is 16.0. The van der Waals surface area contributed by atoms with Gasteiger partial charge in [-0.05, 0) is 116 Å². The van der Waals surface area contributed by atoms with E-state index in [-0.39, 0.29) is 25.7 Å². The second-order valence-electron chi connectivity index (χ2n) is 25.6. The van der Waals surface area contributed by atoms with Crippen molar-refractivity contribution in [3.05, 3.63) is 97.2 Å². The zero-order chi connectivity index (χ0) is 71.8.